The minimum Gasteiger partial charge on any atom is -0.396 e. The minimum atomic E-state index is -0.371. The van der Waals surface area contributed by atoms with Crippen LogP contribution in [0.2, 0.25) is 0 Å². The first-order valence-electron chi connectivity index (χ1n) is 4.07. The maximum atomic E-state index is 10.4. The van der Waals surface area contributed by atoms with Gasteiger partial charge < -0.3 is 5.11 Å². The van der Waals surface area contributed by atoms with Crippen molar-refractivity contribution in [3.63, 3.8) is 0 Å². The lowest BCUT2D eigenvalue weighted by Crippen LogP contribution is -1.85. The van der Waals surface area contributed by atoms with Crippen LogP contribution in [0.1, 0.15) is 17.2 Å². The number of aliphatic hydroxyl groups is 1. The average molecular weight is 199 g/mol. The van der Waals surface area contributed by atoms with E-state index in [2.05, 4.69) is 0 Å². The van der Waals surface area contributed by atoms with Crippen LogP contribution in [0.15, 0.2) is 12.1 Å². The molecule has 70 valence electrons. The third-order valence-electron chi connectivity index (χ3n) is 2.32. The third kappa shape index (κ3) is 1.57. The SMILES string of the molecule is O=[N+]([O-])c1ccc(C2CC2CO)s1. The molecule has 1 N–H and O–H groups in total. The van der Waals surface area contributed by atoms with Gasteiger partial charge in [-0.15, -0.1) is 0 Å². The summed E-state index contributed by atoms with van der Waals surface area (Å²) >= 11 is 1.22. The smallest absolute Gasteiger partial charge is 0.324 e. The van der Waals surface area contributed by atoms with E-state index in [1.54, 1.807) is 6.07 Å². The zero-order chi connectivity index (χ0) is 9.42. The van der Waals surface area contributed by atoms with Gasteiger partial charge in [0.25, 0.3) is 0 Å². The molecule has 0 amide bonds. The number of rotatable bonds is 3. The first-order chi connectivity index (χ1) is 6.22. The Labute approximate surface area is 79.0 Å². The zero-order valence-electron chi connectivity index (χ0n) is 6.84. The second kappa shape index (κ2) is 3.08. The van der Waals surface area contributed by atoms with Gasteiger partial charge in [0.15, 0.2) is 0 Å². The number of nitrogens with zero attached hydrogens (tertiary/aromatic N) is 1. The van der Waals surface area contributed by atoms with Crippen molar-refractivity contribution >= 4 is 16.3 Å². The van der Waals surface area contributed by atoms with Gasteiger partial charge in [-0.25, -0.2) is 0 Å². The van der Waals surface area contributed by atoms with Crippen molar-refractivity contribution in [1.29, 1.82) is 0 Å². The normalized spacial score (nSPS) is 25.9. The molecule has 0 aromatic carbocycles. The number of hydrogen-bond acceptors (Lipinski definition) is 4. The molecule has 1 aliphatic carbocycles. The highest BCUT2D eigenvalue weighted by Gasteiger charge is 2.39. The maximum Gasteiger partial charge on any atom is 0.324 e. The lowest BCUT2D eigenvalue weighted by Gasteiger charge is -1.89. The molecule has 1 aromatic rings. The molecule has 0 saturated heterocycles. The van der Waals surface area contributed by atoms with E-state index in [4.69, 9.17) is 5.11 Å². The Morgan fingerprint density at radius 3 is 2.92 bits per heavy atom. The largest absolute Gasteiger partial charge is 0.396 e. The highest BCUT2D eigenvalue weighted by molar-refractivity contribution is 7.15. The summed E-state index contributed by atoms with van der Waals surface area (Å²) in [4.78, 5) is 11.0. The molecule has 5 heteroatoms. The molecule has 0 spiro atoms. The molecule has 2 unspecified atom stereocenters. The van der Waals surface area contributed by atoms with Crippen molar-refractivity contribution < 1.29 is 10.0 Å². The standard InChI is InChI=1S/C8H9NO3S/c10-4-5-3-6(5)7-1-2-8(13-7)9(11)12/h1-2,5-6,10H,3-4H2. The molecule has 1 saturated carbocycles. The second-order valence-electron chi connectivity index (χ2n) is 3.22. The van der Waals surface area contributed by atoms with Gasteiger partial charge in [0.2, 0.25) is 0 Å². The summed E-state index contributed by atoms with van der Waals surface area (Å²) in [6, 6.07) is 3.33. The Morgan fingerprint density at radius 2 is 2.46 bits per heavy atom. The highest BCUT2D eigenvalue weighted by Crippen LogP contribution is 2.50. The van der Waals surface area contributed by atoms with Crippen LogP contribution < -0.4 is 0 Å². The van der Waals surface area contributed by atoms with Crippen LogP contribution in [0, 0.1) is 16.0 Å². The van der Waals surface area contributed by atoms with Crippen LogP contribution in [-0.2, 0) is 0 Å². The van der Waals surface area contributed by atoms with Crippen LogP contribution in [0.4, 0.5) is 5.00 Å². The Balaban J connectivity index is 2.11. The molecule has 2 rings (SSSR count). The van der Waals surface area contributed by atoms with Crippen LogP contribution in [0.3, 0.4) is 0 Å². The van der Waals surface area contributed by atoms with Gasteiger partial charge in [-0.05, 0) is 24.3 Å². The number of hydrogen-bond donors (Lipinski definition) is 1. The fourth-order valence-electron chi connectivity index (χ4n) is 1.44. The average Bonchev–Trinajstić information content (AvgIpc) is 2.73. The molecule has 0 radical (unpaired) electrons. The van der Waals surface area contributed by atoms with Crippen LogP contribution >= 0.6 is 11.3 Å². The van der Waals surface area contributed by atoms with Crippen molar-refractivity contribution in [3.8, 4) is 0 Å². The zero-order valence-corrected chi connectivity index (χ0v) is 7.66. The van der Waals surface area contributed by atoms with E-state index < -0.39 is 0 Å². The van der Waals surface area contributed by atoms with Crippen LogP contribution in [0.25, 0.3) is 0 Å². The predicted molar refractivity (Wildman–Crippen MR) is 48.9 cm³/mol. The van der Waals surface area contributed by atoms with E-state index in [9.17, 15) is 10.1 Å². The van der Waals surface area contributed by atoms with Crippen molar-refractivity contribution in [2.45, 2.75) is 12.3 Å². The van der Waals surface area contributed by atoms with Gasteiger partial charge in [-0.2, -0.15) is 0 Å². The fraction of sp³-hybridized carbons (Fsp3) is 0.500. The molecule has 0 aliphatic heterocycles. The van der Waals surface area contributed by atoms with Gasteiger partial charge >= 0.3 is 5.00 Å². The summed E-state index contributed by atoms with van der Waals surface area (Å²) in [5, 5.41) is 19.4. The summed E-state index contributed by atoms with van der Waals surface area (Å²) in [5.74, 6) is 0.696. The topological polar surface area (TPSA) is 63.4 Å². The van der Waals surface area contributed by atoms with Gasteiger partial charge in [-0.1, -0.05) is 11.3 Å². The van der Waals surface area contributed by atoms with Crippen molar-refractivity contribution in [1.82, 2.24) is 0 Å². The monoisotopic (exact) mass is 199 g/mol. The number of nitro groups is 1. The minimum absolute atomic E-state index is 0.191. The molecule has 1 fully saturated rings. The van der Waals surface area contributed by atoms with E-state index in [-0.39, 0.29) is 16.5 Å². The summed E-state index contributed by atoms with van der Waals surface area (Å²) < 4.78 is 0. The summed E-state index contributed by atoms with van der Waals surface area (Å²) in [7, 11) is 0. The lowest BCUT2D eigenvalue weighted by atomic mass is 10.3. The van der Waals surface area contributed by atoms with Gasteiger partial charge in [-0.3, -0.25) is 10.1 Å². The maximum absolute atomic E-state index is 10.4. The van der Waals surface area contributed by atoms with Crippen molar-refractivity contribution in [3.05, 3.63) is 27.1 Å². The van der Waals surface area contributed by atoms with E-state index in [0.717, 1.165) is 11.3 Å². The number of aliphatic hydroxyl groups excluding tert-OH is 1. The van der Waals surface area contributed by atoms with Gasteiger partial charge in [0.1, 0.15) is 0 Å². The molecule has 1 aliphatic rings. The fourth-order valence-corrected chi connectivity index (χ4v) is 2.47. The molecular formula is C8H9NO3S. The van der Waals surface area contributed by atoms with Crippen molar-refractivity contribution in [2.75, 3.05) is 6.61 Å². The predicted octanol–water partition coefficient (Wildman–Crippen LogP) is 1.75. The van der Waals surface area contributed by atoms with Crippen molar-refractivity contribution in [2.24, 2.45) is 5.92 Å². The van der Waals surface area contributed by atoms with E-state index in [1.165, 1.54) is 17.4 Å². The van der Waals surface area contributed by atoms with E-state index >= 15 is 0 Å². The van der Waals surface area contributed by atoms with Crippen LogP contribution in [0.5, 0.6) is 0 Å². The Bertz CT molecular complexity index is 336. The highest BCUT2D eigenvalue weighted by atomic mass is 32.1. The Morgan fingerprint density at radius 1 is 1.69 bits per heavy atom. The molecular weight excluding hydrogens is 190 g/mol. The Hall–Kier alpha value is -0.940. The molecule has 0 bridgehead atoms. The summed E-state index contributed by atoms with van der Waals surface area (Å²) in [5.41, 5.74) is 0. The first kappa shape index (κ1) is 8.65. The summed E-state index contributed by atoms with van der Waals surface area (Å²) in [6.07, 6.45) is 0.966. The lowest BCUT2D eigenvalue weighted by molar-refractivity contribution is -0.380. The molecule has 2 atom stereocenters. The molecule has 1 aromatic heterocycles. The Kier molecular flexibility index (Phi) is 2.05. The summed E-state index contributed by atoms with van der Waals surface area (Å²) in [6.45, 7) is 0.191. The van der Waals surface area contributed by atoms with E-state index in [1.807, 2.05) is 0 Å². The van der Waals surface area contributed by atoms with Crippen LogP contribution in [-0.4, -0.2) is 16.6 Å². The van der Waals surface area contributed by atoms with Gasteiger partial charge in [0.05, 0.1) is 4.92 Å². The second-order valence-corrected chi connectivity index (χ2v) is 4.31. The quantitative estimate of drug-likeness (QED) is 0.595. The molecule has 1 heterocycles. The molecule has 4 nitrogen and oxygen atoms in total. The number of thiophene rings is 1. The van der Waals surface area contributed by atoms with E-state index in [0.29, 0.717) is 11.8 Å². The molecule has 13 heavy (non-hydrogen) atoms. The van der Waals surface area contributed by atoms with Gasteiger partial charge in [0, 0.05) is 17.6 Å². The third-order valence-corrected chi connectivity index (χ3v) is 3.48. The first-order valence-corrected chi connectivity index (χ1v) is 4.89.